The molecule has 2 nitrogen and oxygen atoms in total. The van der Waals surface area contributed by atoms with E-state index >= 15 is 0 Å². The number of nitrogens with one attached hydrogen (secondary N) is 2. The average Bonchev–Trinajstić information content (AvgIpc) is 3.14. The van der Waals surface area contributed by atoms with Crippen molar-refractivity contribution in [3.8, 4) is 0 Å². The van der Waals surface area contributed by atoms with Crippen LogP contribution in [0.5, 0.6) is 0 Å². The van der Waals surface area contributed by atoms with Crippen LogP contribution in [-0.2, 0) is 0 Å². The summed E-state index contributed by atoms with van der Waals surface area (Å²) in [5, 5.41) is 7.15. The van der Waals surface area contributed by atoms with Crippen LogP contribution < -0.4 is 10.6 Å². The maximum Gasteiger partial charge on any atom is 0.00682 e. The normalized spacial score (nSPS) is 20.2. The molecule has 2 aliphatic rings. The summed E-state index contributed by atoms with van der Waals surface area (Å²) >= 11 is 0. The van der Waals surface area contributed by atoms with Gasteiger partial charge in [0.1, 0.15) is 0 Å². The van der Waals surface area contributed by atoms with Crippen LogP contribution in [0.4, 0.5) is 0 Å². The Bertz CT molecular complexity index is 154. The molecule has 0 unspecified atom stereocenters. The molecule has 0 atom stereocenters. The Morgan fingerprint density at radius 2 is 0.938 bits per heavy atom. The third-order valence-corrected chi connectivity index (χ3v) is 3.62. The fraction of sp³-hybridized carbons (Fsp3) is 1.00. The summed E-state index contributed by atoms with van der Waals surface area (Å²) in [5.74, 6) is 0. The van der Waals surface area contributed by atoms with E-state index in [0.717, 1.165) is 12.1 Å². The van der Waals surface area contributed by atoms with Gasteiger partial charge in [-0.1, -0.05) is 25.7 Å². The minimum absolute atomic E-state index is 0.897. The molecule has 0 aliphatic heterocycles. The number of unbranched alkanes of at least 4 members (excludes halogenated alkanes) is 5. The predicted molar refractivity (Wildman–Crippen MR) is 69.8 cm³/mol. The van der Waals surface area contributed by atoms with Crippen molar-refractivity contribution in [3.63, 3.8) is 0 Å². The Balaban J connectivity index is 1.22. The van der Waals surface area contributed by atoms with Crippen LogP contribution in [0, 0.1) is 0 Å². The van der Waals surface area contributed by atoms with Crippen LogP contribution in [0.15, 0.2) is 0 Å². The van der Waals surface area contributed by atoms with Gasteiger partial charge < -0.3 is 10.6 Å². The van der Waals surface area contributed by atoms with Gasteiger partial charge in [0.2, 0.25) is 0 Å². The van der Waals surface area contributed by atoms with Crippen molar-refractivity contribution in [2.75, 3.05) is 13.1 Å². The minimum Gasteiger partial charge on any atom is -0.314 e. The molecule has 0 radical (unpaired) electrons. The topological polar surface area (TPSA) is 24.1 Å². The average molecular weight is 224 g/mol. The van der Waals surface area contributed by atoms with Gasteiger partial charge in [-0.25, -0.2) is 0 Å². The lowest BCUT2D eigenvalue weighted by atomic mass is 10.1. The maximum atomic E-state index is 3.58. The highest BCUT2D eigenvalue weighted by Gasteiger charge is 2.19. The first-order valence-electron chi connectivity index (χ1n) is 7.42. The van der Waals surface area contributed by atoms with Crippen molar-refractivity contribution < 1.29 is 0 Å². The SMILES string of the molecule is C(CCCCNC1CC1)CCCNC1CC1. The van der Waals surface area contributed by atoms with E-state index in [2.05, 4.69) is 10.6 Å². The zero-order chi connectivity index (χ0) is 11.1. The molecule has 0 spiro atoms. The van der Waals surface area contributed by atoms with Crippen LogP contribution in [0.3, 0.4) is 0 Å². The van der Waals surface area contributed by atoms with Crippen molar-refractivity contribution in [1.82, 2.24) is 10.6 Å². The second-order valence-corrected chi connectivity index (χ2v) is 5.58. The Labute approximate surface area is 101 Å². The summed E-state index contributed by atoms with van der Waals surface area (Å²) in [6.45, 7) is 2.52. The van der Waals surface area contributed by atoms with E-state index in [1.54, 1.807) is 0 Å². The second kappa shape index (κ2) is 7.29. The zero-order valence-corrected chi connectivity index (χ0v) is 10.6. The Hall–Kier alpha value is -0.0800. The van der Waals surface area contributed by atoms with Crippen molar-refractivity contribution in [3.05, 3.63) is 0 Å². The molecule has 0 heterocycles. The van der Waals surface area contributed by atoms with Gasteiger partial charge in [0.25, 0.3) is 0 Å². The monoisotopic (exact) mass is 224 g/mol. The lowest BCUT2D eigenvalue weighted by Crippen LogP contribution is -2.17. The molecule has 0 amide bonds. The molecule has 2 N–H and O–H groups in total. The summed E-state index contributed by atoms with van der Waals surface area (Å²) in [4.78, 5) is 0. The van der Waals surface area contributed by atoms with Gasteiger partial charge in [-0.15, -0.1) is 0 Å². The molecule has 16 heavy (non-hydrogen) atoms. The first-order chi connectivity index (χ1) is 7.95. The molecule has 2 saturated carbocycles. The number of hydrogen-bond donors (Lipinski definition) is 2. The lowest BCUT2D eigenvalue weighted by molar-refractivity contribution is 0.548. The van der Waals surface area contributed by atoms with Crippen LogP contribution in [0.1, 0.15) is 64.2 Å². The third-order valence-electron chi connectivity index (χ3n) is 3.62. The molecule has 94 valence electrons. The lowest BCUT2D eigenvalue weighted by Gasteiger charge is -2.04. The van der Waals surface area contributed by atoms with Crippen LogP contribution >= 0.6 is 0 Å². The van der Waals surface area contributed by atoms with Crippen molar-refractivity contribution in [1.29, 1.82) is 0 Å². The highest BCUT2D eigenvalue weighted by Crippen LogP contribution is 2.19. The van der Waals surface area contributed by atoms with Crippen LogP contribution in [0.25, 0.3) is 0 Å². The summed E-state index contributed by atoms with van der Waals surface area (Å²) < 4.78 is 0. The molecule has 0 saturated heterocycles. The first-order valence-corrected chi connectivity index (χ1v) is 7.42. The summed E-state index contributed by atoms with van der Waals surface area (Å²) in [6.07, 6.45) is 14.2. The molecule has 0 aromatic rings. The number of rotatable bonds is 11. The maximum absolute atomic E-state index is 3.58. The van der Waals surface area contributed by atoms with Gasteiger partial charge >= 0.3 is 0 Å². The van der Waals surface area contributed by atoms with E-state index in [4.69, 9.17) is 0 Å². The van der Waals surface area contributed by atoms with Gasteiger partial charge in [-0.05, 0) is 51.6 Å². The van der Waals surface area contributed by atoms with Crippen molar-refractivity contribution in [2.45, 2.75) is 76.3 Å². The Kier molecular flexibility index (Phi) is 5.64. The first kappa shape index (κ1) is 12.4. The summed E-state index contributed by atoms with van der Waals surface area (Å²) in [6, 6.07) is 1.79. The Morgan fingerprint density at radius 1 is 0.562 bits per heavy atom. The molecular weight excluding hydrogens is 196 g/mol. The van der Waals surface area contributed by atoms with E-state index in [0.29, 0.717) is 0 Å². The minimum atomic E-state index is 0.897. The highest BCUT2D eigenvalue weighted by molar-refractivity contribution is 4.80. The molecule has 2 heteroatoms. The molecule has 0 aromatic carbocycles. The van der Waals surface area contributed by atoms with E-state index in [9.17, 15) is 0 Å². The second-order valence-electron chi connectivity index (χ2n) is 5.58. The van der Waals surface area contributed by atoms with E-state index in [1.165, 1.54) is 77.3 Å². The molecule has 2 aliphatic carbocycles. The summed E-state index contributed by atoms with van der Waals surface area (Å²) in [7, 11) is 0. The van der Waals surface area contributed by atoms with Gasteiger partial charge in [-0.2, -0.15) is 0 Å². The fourth-order valence-corrected chi connectivity index (χ4v) is 2.14. The van der Waals surface area contributed by atoms with Crippen LogP contribution in [0.2, 0.25) is 0 Å². The van der Waals surface area contributed by atoms with Crippen molar-refractivity contribution >= 4 is 0 Å². The predicted octanol–water partition coefficient (Wildman–Crippen LogP) is 2.83. The Morgan fingerprint density at radius 3 is 1.31 bits per heavy atom. The third kappa shape index (κ3) is 6.49. The molecule has 2 rings (SSSR count). The van der Waals surface area contributed by atoms with Gasteiger partial charge in [0, 0.05) is 12.1 Å². The van der Waals surface area contributed by atoms with Crippen molar-refractivity contribution in [2.24, 2.45) is 0 Å². The molecular formula is C14H28N2. The highest BCUT2D eigenvalue weighted by atomic mass is 14.9. The van der Waals surface area contributed by atoms with Gasteiger partial charge in [0.15, 0.2) is 0 Å². The van der Waals surface area contributed by atoms with E-state index in [-0.39, 0.29) is 0 Å². The van der Waals surface area contributed by atoms with Crippen LogP contribution in [-0.4, -0.2) is 25.2 Å². The zero-order valence-electron chi connectivity index (χ0n) is 10.6. The largest absolute Gasteiger partial charge is 0.314 e. The number of hydrogen-bond acceptors (Lipinski definition) is 2. The molecule has 2 fully saturated rings. The standard InChI is InChI=1S/C14H28N2/c1(3-5-11-15-13-7-8-13)2-4-6-12-16-14-9-10-14/h13-16H,1-12H2. The van der Waals surface area contributed by atoms with E-state index < -0.39 is 0 Å². The molecule has 0 bridgehead atoms. The molecule has 0 aromatic heterocycles. The summed E-state index contributed by atoms with van der Waals surface area (Å²) in [5.41, 5.74) is 0. The smallest absolute Gasteiger partial charge is 0.00682 e. The van der Waals surface area contributed by atoms with Gasteiger partial charge in [-0.3, -0.25) is 0 Å². The van der Waals surface area contributed by atoms with E-state index in [1.807, 2.05) is 0 Å². The van der Waals surface area contributed by atoms with Gasteiger partial charge in [0.05, 0.1) is 0 Å². The fourth-order valence-electron chi connectivity index (χ4n) is 2.14. The quantitative estimate of drug-likeness (QED) is 0.527.